The van der Waals surface area contributed by atoms with Crippen LogP contribution in [0.25, 0.3) is 11.4 Å². The van der Waals surface area contributed by atoms with Gasteiger partial charge in [0.25, 0.3) is 0 Å². The summed E-state index contributed by atoms with van der Waals surface area (Å²) < 4.78 is 25.6. The van der Waals surface area contributed by atoms with Gasteiger partial charge in [-0.3, -0.25) is 4.79 Å². The molecule has 152 valence electrons. The predicted molar refractivity (Wildman–Crippen MR) is 109 cm³/mol. The van der Waals surface area contributed by atoms with Crippen molar-refractivity contribution in [2.45, 2.75) is 24.8 Å². The van der Waals surface area contributed by atoms with Gasteiger partial charge in [-0.05, 0) is 35.4 Å². The summed E-state index contributed by atoms with van der Waals surface area (Å²) in [6, 6.07) is 13.9. The molecule has 0 aliphatic carbocycles. The lowest BCUT2D eigenvalue weighted by molar-refractivity contribution is -0.117. The number of carbonyl (C=O) groups excluding carboxylic acids is 1. The van der Waals surface area contributed by atoms with Crippen LogP contribution in [0.15, 0.2) is 53.4 Å². The number of aromatic nitrogens is 4. The number of nitrogens with one attached hydrogen (secondary N) is 1. The number of sulfonamides is 1. The summed E-state index contributed by atoms with van der Waals surface area (Å²) in [4.78, 5) is 13.6. The fourth-order valence-corrected chi connectivity index (χ4v) is 3.54. The van der Waals surface area contributed by atoms with Gasteiger partial charge in [-0.15, -0.1) is 10.2 Å². The molecule has 0 saturated carbocycles. The summed E-state index contributed by atoms with van der Waals surface area (Å²) in [5.41, 5.74) is 2.39. The minimum Gasteiger partial charge on any atom is -0.324 e. The topological polar surface area (TPSA) is 110 Å². The molecule has 0 fully saturated rings. The molecule has 0 saturated heterocycles. The summed E-state index contributed by atoms with van der Waals surface area (Å²) in [5.74, 6) is 0.0363. The highest BCUT2D eigenvalue weighted by molar-refractivity contribution is 7.89. The van der Waals surface area contributed by atoms with Crippen molar-refractivity contribution in [3.63, 3.8) is 0 Å². The molecule has 9 nitrogen and oxygen atoms in total. The maximum Gasteiger partial charge on any atom is 0.248 e. The quantitative estimate of drug-likeness (QED) is 0.631. The Morgan fingerprint density at radius 3 is 2.52 bits per heavy atom. The highest BCUT2D eigenvalue weighted by Crippen LogP contribution is 2.18. The van der Waals surface area contributed by atoms with Gasteiger partial charge in [0.15, 0.2) is 0 Å². The SMILES string of the molecule is CCc1ccc(-c2nnn(CC(=O)Nc3cccc(S(=O)(=O)N(C)C)c3)n2)cc1. The molecule has 10 heteroatoms. The van der Waals surface area contributed by atoms with E-state index < -0.39 is 15.9 Å². The van der Waals surface area contributed by atoms with Gasteiger partial charge in [0.05, 0.1) is 4.90 Å². The highest BCUT2D eigenvalue weighted by Gasteiger charge is 2.18. The Bertz CT molecular complexity index is 1110. The van der Waals surface area contributed by atoms with Gasteiger partial charge in [-0.2, -0.15) is 4.80 Å². The molecule has 0 bridgehead atoms. The molecule has 0 radical (unpaired) electrons. The summed E-state index contributed by atoms with van der Waals surface area (Å²) in [5, 5.41) is 14.8. The van der Waals surface area contributed by atoms with Gasteiger partial charge in [0.1, 0.15) is 6.54 Å². The first-order valence-corrected chi connectivity index (χ1v) is 10.4. The molecule has 0 aliphatic heterocycles. The molecule has 1 heterocycles. The lowest BCUT2D eigenvalue weighted by Gasteiger charge is -2.12. The van der Waals surface area contributed by atoms with Crippen molar-refractivity contribution in [1.29, 1.82) is 0 Å². The Hall–Kier alpha value is -3.11. The third kappa shape index (κ3) is 4.84. The molecule has 0 spiro atoms. The molecule has 2 aromatic carbocycles. The second-order valence-electron chi connectivity index (χ2n) is 6.56. The lowest BCUT2D eigenvalue weighted by Crippen LogP contribution is -2.23. The van der Waals surface area contributed by atoms with Crippen LogP contribution in [0.4, 0.5) is 5.69 Å². The number of tetrazole rings is 1. The molecule has 29 heavy (non-hydrogen) atoms. The molecule has 0 atom stereocenters. The predicted octanol–water partition coefficient (Wildman–Crippen LogP) is 1.79. The third-order valence-corrected chi connectivity index (χ3v) is 6.07. The normalized spacial score (nSPS) is 11.6. The summed E-state index contributed by atoms with van der Waals surface area (Å²) >= 11 is 0. The van der Waals surface area contributed by atoms with E-state index in [0.29, 0.717) is 11.5 Å². The summed E-state index contributed by atoms with van der Waals surface area (Å²) in [6.45, 7) is 1.93. The number of carbonyl (C=O) groups is 1. The van der Waals surface area contributed by atoms with Gasteiger partial charge in [-0.1, -0.05) is 37.3 Å². The second-order valence-corrected chi connectivity index (χ2v) is 8.71. The van der Waals surface area contributed by atoms with Crippen LogP contribution in [0.5, 0.6) is 0 Å². The van der Waals surface area contributed by atoms with E-state index in [0.717, 1.165) is 16.3 Å². The first-order valence-electron chi connectivity index (χ1n) is 8.99. The average molecular weight is 414 g/mol. The number of rotatable bonds is 7. The smallest absolute Gasteiger partial charge is 0.248 e. The Balaban J connectivity index is 1.68. The van der Waals surface area contributed by atoms with E-state index in [-0.39, 0.29) is 11.4 Å². The Morgan fingerprint density at radius 1 is 1.14 bits per heavy atom. The van der Waals surface area contributed by atoms with Gasteiger partial charge in [-0.25, -0.2) is 12.7 Å². The van der Waals surface area contributed by atoms with E-state index in [9.17, 15) is 13.2 Å². The molecule has 3 rings (SSSR count). The van der Waals surface area contributed by atoms with Crippen molar-refractivity contribution in [1.82, 2.24) is 24.5 Å². The third-order valence-electron chi connectivity index (χ3n) is 4.25. The molecule has 3 aromatic rings. The van der Waals surface area contributed by atoms with Gasteiger partial charge in [0.2, 0.25) is 21.8 Å². The zero-order valence-electron chi connectivity index (χ0n) is 16.4. The average Bonchev–Trinajstić information content (AvgIpc) is 3.16. The number of benzene rings is 2. The number of amides is 1. The van der Waals surface area contributed by atoms with E-state index in [2.05, 4.69) is 27.7 Å². The van der Waals surface area contributed by atoms with E-state index in [1.54, 1.807) is 12.1 Å². The molecule has 1 amide bonds. The van der Waals surface area contributed by atoms with Crippen LogP contribution < -0.4 is 5.32 Å². The molecular weight excluding hydrogens is 392 g/mol. The van der Waals surface area contributed by atoms with Crippen LogP contribution in [0, 0.1) is 0 Å². The van der Waals surface area contributed by atoms with Crippen LogP contribution >= 0.6 is 0 Å². The van der Waals surface area contributed by atoms with Gasteiger partial charge >= 0.3 is 0 Å². The van der Waals surface area contributed by atoms with Gasteiger partial charge in [0, 0.05) is 25.3 Å². The minimum atomic E-state index is -3.58. The van der Waals surface area contributed by atoms with Crippen LogP contribution in [-0.2, 0) is 27.8 Å². The van der Waals surface area contributed by atoms with Crippen LogP contribution in [0.2, 0.25) is 0 Å². The van der Waals surface area contributed by atoms with Crippen molar-refractivity contribution < 1.29 is 13.2 Å². The zero-order chi connectivity index (χ0) is 21.0. The van der Waals surface area contributed by atoms with E-state index in [1.165, 1.54) is 36.6 Å². The standard InChI is InChI=1S/C19H22N6O3S/c1-4-14-8-10-15(11-9-14)19-21-23-25(22-19)13-18(26)20-16-6-5-7-17(12-16)29(27,28)24(2)3/h5-12H,4,13H2,1-3H3,(H,20,26). The first kappa shape index (κ1) is 20.6. The zero-order valence-corrected chi connectivity index (χ0v) is 17.2. The van der Waals surface area contributed by atoms with Crippen LogP contribution in [0.1, 0.15) is 12.5 Å². The van der Waals surface area contributed by atoms with Crippen molar-refractivity contribution in [3.8, 4) is 11.4 Å². The molecule has 1 aromatic heterocycles. The molecule has 1 N–H and O–H groups in total. The Morgan fingerprint density at radius 2 is 1.86 bits per heavy atom. The maximum absolute atomic E-state index is 12.3. The minimum absolute atomic E-state index is 0.0944. The van der Waals surface area contributed by atoms with E-state index in [1.807, 2.05) is 24.3 Å². The van der Waals surface area contributed by atoms with E-state index >= 15 is 0 Å². The molecule has 0 aliphatic rings. The number of aryl methyl sites for hydroxylation is 1. The summed E-state index contributed by atoms with van der Waals surface area (Å²) in [7, 11) is -0.687. The maximum atomic E-state index is 12.3. The van der Waals surface area contributed by atoms with Gasteiger partial charge < -0.3 is 5.32 Å². The van der Waals surface area contributed by atoms with Crippen molar-refractivity contribution in [2.75, 3.05) is 19.4 Å². The molecular formula is C19H22N6O3S. The number of hydrogen-bond donors (Lipinski definition) is 1. The first-order chi connectivity index (χ1) is 13.8. The van der Waals surface area contributed by atoms with Crippen molar-refractivity contribution in [2.24, 2.45) is 0 Å². The monoisotopic (exact) mass is 414 g/mol. The lowest BCUT2D eigenvalue weighted by atomic mass is 10.1. The molecule has 0 unspecified atom stereocenters. The fourth-order valence-electron chi connectivity index (χ4n) is 2.59. The van der Waals surface area contributed by atoms with E-state index in [4.69, 9.17) is 0 Å². The number of anilines is 1. The Kier molecular flexibility index (Phi) is 6.04. The fraction of sp³-hybridized carbons (Fsp3) is 0.263. The van der Waals surface area contributed by atoms with Crippen LogP contribution in [0.3, 0.4) is 0 Å². The van der Waals surface area contributed by atoms with Crippen LogP contribution in [-0.4, -0.2) is 52.9 Å². The number of nitrogens with zero attached hydrogens (tertiary/aromatic N) is 5. The number of hydrogen-bond acceptors (Lipinski definition) is 6. The van der Waals surface area contributed by atoms with Crippen molar-refractivity contribution in [3.05, 3.63) is 54.1 Å². The second kappa shape index (κ2) is 8.50. The van der Waals surface area contributed by atoms with Crippen molar-refractivity contribution >= 4 is 21.6 Å². The Labute approximate surface area is 169 Å². The summed E-state index contributed by atoms with van der Waals surface area (Å²) in [6.07, 6.45) is 0.942. The largest absolute Gasteiger partial charge is 0.324 e. The highest BCUT2D eigenvalue weighted by atomic mass is 32.2.